The molecule has 1 aliphatic rings. The van der Waals surface area contributed by atoms with Crippen molar-refractivity contribution in [2.24, 2.45) is 13.0 Å². The second-order valence-electron chi connectivity index (χ2n) is 6.45. The minimum absolute atomic E-state index is 0.0388. The van der Waals surface area contributed by atoms with E-state index in [1.807, 2.05) is 42.6 Å². The normalized spacial score (nSPS) is 18.0. The Balaban J connectivity index is 1.56. The van der Waals surface area contributed by atoms with Crippen LogP contribution in [-0.2, 0) is 13.6 Å². The summed E-state index contributed by atoms with van der Waals surface area (Å²) in [4.78, 5) is 14.1. The van der Waals surface area contributed by atoms with E-state index in [2.05, 4.69) is 4.90 Å². The Morgan fingerprint density at radius 2 is 1.87 bits per heavy atom. The number of rotatable bonds is 4. The summed E-state index contributed by atoms with van der Waals surface area (Å²) in [7, 11) is 1.77. The number of nitrogens with zero attached hydrogens (tertiary/aromatic N) is 2. The van der Waals surface area contributed by atoms with E-state index in [0.717, 1.165) is 43.6 Å². The van der Waals surface area contributed by atoms with Crippen LogP contribution in [0.25, 0.3) is 0 Å². The summed E-state index contributed by atoms with van der Waals surface area (Å²) in [5.41, 5.74) is 2.12. The van der Waals surface area contributed by atoms with Gasteiger partial charge in [0.1, 0.15) is 0 Å². The van der Waals surface area contributed by atoms with Gasteiger partial charge in [-0.25, -0.2) is 0 Å². The molecule has 4 heteroatoms. The molecule has 4 nitrogen and oxygen atoms in total. The van der Waals surface area contributed by atoms with Gasteiger partial charge in [-0.2, -0.15) is 0 Å². The van der Waals surface area contributed by atoms with Gasteiger partial charge in [0.05, 0.1) is 6.10 Å². The average molecular weight is 312 g/mol. The van der Waals surface area contributed by atoms with Crippen LogP contribution in [0.4, 0.5) is 0 Å². The molecule has 2 heterocycles. The molecule has 1 atom stereocenters. The van der Waals surface area contributed by atoms with Crippen LogP contribution in [-0.4, -0.2) is 27.7 Å². The summed E-state index contributed by atoms with van der Waals surface area (Å²) in [6.07, 6.45) is 3.42. The Kier molecular flexibility index (Phi) is 4.94. The van der Waals surface area contributed by atoms with Gasteiger partial charge in [-0.05, 0) is 49.0 Å². The highest BCUT2D eigenvalue weighted by Gasteiger charge is 2.26. The van der Waals surface area contributed by atoms with Crippen LogP contribution < -0.4 is 5.56 Å². The quantitative estimate of drug-likeness (QED) is 0.942. The van der Waals surface area contributed by atoms with E-state index in [9.17, 15) is 9.90 Å². The van der Waals surface area contributed by atoms with E-state index >= 15 is 0 Å². The Bertz CT molecular complexity index is 688. The van der Waals surface area contributed by atoms with Crippen LogP contribution in [0.15, 0.2) is 53.5 Å². The SMILES string of the molecule is Cn1ccc(CN2CCC([C@@H](O)c3ccccc3)CC2)cc1=O. The molecule has 0 bridgehead atoms. The lowest BCUT2D eigenvalue weighted by Gasteiger charge is -2.34. The fourth-order valence-corrected chi connectivity index (χ4v) is 3.30. The molecule has 0 aliphatic carbocycles. The Morgan fingerprint density at radius 3 is 2.52 bits per heavy atom. The molecule has 0 saturated carbocycles. The number of likely N-dealkylation sites (tertiary alicyclic amines) is 1. The van der Waals surface area contributed by atoms with Gasteiger partial charge in [0, 0.05) is 25.9 Å². The minimum atomic E-state index is -0.373. The van der Waals surface area contributed by atoms with Gasteiger partial charge in [-0.3, -0.25) is 9.69 Å². The molecule has 1 aromatic heterocycles. The van der Waals surface area contributed by atoms with Crippen molar-refractivity contribution in [1.29, 1.82) is 0 Å². The molecule has 2 aromatic rings. The maximum Gasteiger partial charge on any atom is 0.250 e. The van der Waals surface area contributed by atoms with E-state index in [1.165, 1.54) is 0 Å². The molecular formula is C19H24N2O2. The van der Waals surface area contributed by atoms with E-state index in [1.54, 1.807) is 17.7 Å². The number of benzene rings is 1. The molecule has 0 unspecified atom stereocenters. The summed E-state index contributed by atoms with van der Waals surface area (Å²) in [6, 6.07) is 13.6. The van der Waals surface area contributed by atoms with Crippen molar-refractivity contribution in [2.75, 3.05) is 13.1 Å². The molecule has 3 rings (SSSR count). The minimum Gasteiger partial charge on any atom is -0.388 e. The molecule has 0 amide bonds. The number of pyridine rings is 1. The number of aromatic nitrogens is 1. The summed E-state index contributed by atoms with van der Waals surface area (Å²) in [5.74, 6) is 0.317. The van der Waals surface area contributed by atoms with Gasteiger partial charge >= 0.3 is 0 Å². The number of hydrogen-bond donors (Lipinski definition) is 1. The fourth-order valence-electron chi connectivity index (χ4n) is 3.30. The van der Waals surface area contributed by atoms with Crippen LogP contribution in [0.2, 0.25) is 0 Å². The van der Waals surface area contributed by atoms with Crippen molar-refractivity contribution in [3.63, 3.8) is 0 Å². The smallest absolute Gasteiger partial charge is 0.250 e. The molecule has 0 spiro atoms. The molecule has 1 saturated heterocycles. The van der Waals surface area contributed by atoms with Gasteiger partial charge in [-0.1, -0.05) is 30.3 Å². The molecule has 1 aliphatic heterocycles. The Morgan fingerprint density at radius 1 is 1.17 bits per heavy atom. The maximum atomic E-state index is 11.7. The van der Waals surface area contributed by atoms with Gasteiger partial charge in [-0.15, -0.1) is 0 Å². The predicted molar refractivity (Wildman–Crippen MR) is 91.1 cm³/mol. The Labute approximate surface area is 137 Å². The van der Waals surface area contributed by atoms with Crippen molar-refractivity contribution in [1.82, 2.24) is 9.47 Å². The summed E-state index contributed by atoms with van der Waals surface area (Å²) in [6.45, 7) is 2.73. The zero-order chi connectivity index (χ0) is 16.2. The van der Waals surface area contributed by atoms with Crippen LogP contribution in [0, 0.1) is 5.92 Å². The lowest BCUT2D eigenvalue weighted by Crippen LogP contribution is -2.35. The number of aliphatic hydroxyl groups is 1. The third kappa shape index (κ3) is 3.89. The third-order valence-corrected chi connectivity index (χ3v) is 4.79. The number of hydrogen-bond acceptors (Lipinski definition) is 3. The summed E-state index contributed by atoms with van der Waals surface area (Å²) in [5, 5.41) is 10.5. The van der Waals surface area contributed by atoms with Crippen LogP contribution >= 0.6 is 0 Å². The average Bonchev–Trinajstić information content (AvgIpc) is 2.59. The van der Waals surface area contributed by atoms with Crippen LogP contribution in [0.1, 0.15) is 30.1 Å². The van der Waals surface area contributed by atoms with E-state index < -0.39 is 0 Å². The van der Waals surface area contributed by atoms with Crippen LogP contribution in [0.3, 0.4) is 0 Å². The largest absolute Gasteiger partial charge is 0.388 e. The van der Waals surface area contributed by atoms with Crippen molar-refractivity contribution < 1.29 is 5.11 Å². The first-order chi connectivity index (χ1) is 11.1. The molecule has 23 heavy (non-hydrogen) atoms. The second kappa shape index (κ2) is 7.11. The van der Waals surface area contributed by atoms with Crippen molar-refractivity contribution in [3.05, 3.63) is 70.1 Å². The highest BCUT2D eigenvalue weighted by Crippen LogP contribution is 2.30. The monoisotopic (exact) mass is 312 g/mol. The molecule has 1 N–H and O–H groups in total. The van der Waals surface area contributed by atoms with E-state index in [-0.39, 0.29) is 11.7 Å². The fraction of sp³-hybridized carbons (Fsp3) is 0.421. The second-order valence-corrected chi connectivity index (χ2v) is 6.45. The Hall–Kier alpha value is -1.91. The summed E-state index contributed by atoms with van der Waals surface area (Å²) >= 11 is 0. The number of aliphatic hydroxyl groups excluding tert-OH is 1. The number of aryl methyl sites for hydroxylation is 1. The van der Waals surface area contributed by atoms with Crippen molar-refractivity contribution >= 4 is 0 Å². The van der Waals surface area contributed by atoms with Gasteiger partial charge in [0.25, 0.3) is 5.56 Å². The van der Waals surface area contributed by atoms with Crippen molar-refractivity contribution in [2.45, 2.75) is 25.5 Å². The lowest BCUT2D eigenvalue weighted by atomic mass is 9.87. The number of piperidine rings is 1. The molecular weight excluding hydrogens is 288 g/mol. The predicted octanol–water partition coefficient (Wildman–Crippen LogP) is 2.33. The lowest BCUT2D eigenvalue weighted by molar-refractivity contribution is 0.0567. The third-order valence-electron chi connectivity index (χ3n) is 4.79. The zero-order valence-electron chi connectivity index (χ0n) is 13.6. The first-order valence-corrected chi connectivity index (χ1v) is 8.24. The summed E-state index contributed by atoms with van der Waals surface area (Å²) < 4.78 is 1.59. The van der Waals surface area contributed by atoms with Crippen LogP contribution in [0.5, 0.6) is 0 Å². The molecule has 122 valence electrons. The molecule has 0 radical (unpaired) electrons. The van der Waals surface area contributed by atoms with Crippen molar-refractivity contribution in [3.8, 4) is 0 Å². The zero-order valence-corrected chi connectivity index (χ0v) is 13.6. The highest BCUT2D eigenvalue weighted by atomic mass is 16.3. The molecule has 1 fully saturated rings. The first-order valence-electron chi connectivity index (χ1n) is 8.24. The van der Waals surface area contributed by atoms with Gasteiger partial charge in [0.15, 0.2) is 0 Å². The van der Waals surface area contributed by atoms with E-state index in [0.29, 0.717) is 5.92 Å². The van der Waals surface area contributed by atoms with Gasteiger partial charge in [0.2, 0.25) is 0 Å². The highest BCUT2D eigenvalue weighted by molar-refractivity contribution is 5.18. The standard InChI is InChI=1S/C19H24N2O2/c1-20-10-7-15(13-18(20)22)14-21-11-8-17(9-12-21)19(23)16-5-3-2-4-6-16/h2-7,10,13,17,19,23H,8-9,11-12,14H2,1H3/t19-/m0/s1. The van der Waals surface area contributed by atoms with E-state index in [4.69, 9.17) is 0 Å². The van der Waals surface area contributed by atoms with Gasteiger partial charge < -0.3 is 9.67 Å². The molecule has 1 aromatic carbocycles. The topological polar surface area (TPSA) is 45.5 Å². The first kappa shape index (κ1) is 16.0. The maximum absolute atomic E-state index is 11.7.